The van der Waals surface area contributed by atoms with Gasteiger partial charge in [0, 0.05) is 39.1 Å². The van der Waals surface area contributed by atoms with E-state index in [1.165, 1.54) is 0 Å². The maximum absolute atomic E-state index is 12.3. The Bertz CT molecular complexity index is 483. The van der Waals surface area contributed by atoms with Crippen molar-refractivity contribution in [3.8, 4) is 5.75 Å². The summed E-state index contributed by atoms with van der Waals surface area (Å²) in [5.41, 5.74) is 1.13. The molecule has 1 amide bonds. The smallest absolute Gasteiger partial charge is 0.222 e. The first kappa shape index (κ1) is 16.8. The van der Waals surface area contributed by atoms with E-state index in [0.717, 1.165) is 43.9 Å². The minimum absolute atomic E-state index is 0.208. The Morgan fingerprint density at radius 1 is 1.32 bits per heavy atom. The highest BCUT2D eigenvalue weighted by Crippen LogP contribution is 2.14. The molecule has 1 fully saturated rings. The molecule has 1 heterocycles. The minimum Gasteiger partial charge on any atom is -0.497 e. The molecule has 0 spiro atoms. The average molecular weight is 306 g/mol. The number of hydrogen-bond donors (Lipinski definition) is 1. The molecule has 5 nitrogen and oxygen atoms in total. The molecule has 1 aliphatic heterocycles. The molecule has 1 aromatic rings. The molecule has 0 bridgehead atoms. The third-order valence-corrected chi connectivity index (χ3v) is 4.01. The number of methoxy groups -OCH3 is 1. The highest BCUT2D eigenvalue weighted by atomic mass is 16.5. The summed E-state index contributed by atoms with van der Waals surface area (Å²) in [6, 6.07) is 7.87. The number of aliphatic hydroxyl groups excluding tert-OH is 1. The van der Waals surface area contributed by atoms with Crippen LogP contribution in [0.1, 0.15) is 18.9 Å². The summed E-state index contributed by atoms with van der Waals surface area (Å²) in [5.74, 6) is 1.04. The number of ether oxygens (including phenoxy) is 1. The van der Waals surface area contributed by atoms with Gasteiger partial charge in [-0.1, -0.05) is 12.1 Å². The Morgan fingerprint density at radius 3 is 2.68 bits per heavy atom. The molecule has 22 heavy (non-hydrogen) atoms. The van der Waals surface area contributed by atoms with Crippen molar-refractivity contribution in [3.63, 3.8) is 0 Å². The number of rotatable bonds is 6. The minimum atomic E-state index is -0.310. The van der Waals surface area contributed by atoms with Crippen molar-refractivity contribution in [3.05, 3.63) is 29.8 Å². The molecule has 0 radical (unpaired) electrons. The first-order valence-electron chi connectivity index (χ1n) is 7.89. The summed E-state index contributed by atoms with van der Waals surface area (Å²) in [6.45, 7) is 5.68. The number of β-amino-alcohol motifs (C(OH)–C–C–N with tert-alkyl or cyclic N) is 1. The molecule has 122 valence electrons. The van der Waals surface area contributed by atoms with Crippen molar-refractivity contribution in [1.29, 1.82) is 0 Å². The molecule has 1 aliphatic rings. The topological polar surface area (TPSA) is 53.0 Å². The number of hydrogen-bond acceptors (Lipinski definition) is 4. The Morgan fingerprint density at radius 2 is 2.05 bits per heavy atom. The van der Waals surface area contributed by atoms with Crippen LogP contribution in [0, 0.1) is 0 Å². The Hall–Kier alpha value is -1.59. The number of carbonyl (C=O) groups excluding carboxylic acids is 1. The fourth-order valence-corrected chi connectivity index (χ4v) is 2.79. The standard InChI is InChI=1S/C17H26N2O3/c1-14(20)13-18-8-10-19(11-9-18)17(21)7-6-15-4-3-5-16(12-15)22-2/h3-5,12,14,20H,6-11,13H2,1-2H3. The molecule has 2 rings (SSSR count). The second-order valence-corrected chi connectivity index (χ2v) is 5.88. The van der Waals surface area contributed by atoms with Crippen molar-refractivity contribution in [2.75, 3.05) is 39.8 Å². The molecule has 0 aromatic heterocycles. The second kappa shape index (κ2) is 8.15. The van der Waals surface area contributed by atoms with Gasteiger partial charge in [0.05, 0.1) is 13.2 Å². The quantitative estimate of drug-likeness (QED) is 0.857. The van der Waals surface area contributed by atoms with Crippen LogP contribution in [-0.2, 0) is 11.2 Å². The first-order valence-corrected chi connectivity index (χ1v) is 7.89. The first-order chi connectivity index (χ1) is 10.6. The van der Waals surface area contributed by atoms with E-state index < -0.39 is 0 Å². The Labute approximate surface area is 132 Å². The van der Waals surface area contributed by atoms with Gasteiger partial charge in [0.2, 0.25) is 5.91 Å². The summed E-state index contributed by atoms with van der Waals surface area (Å²) in [7, 11) is 1.65. The summed E-state index contributed by atoms with van der Waals surface area (Å²) >= 11 is 0. The lowest BCUT2D eigenvalue weighted by Gasteiger charge is -2.35. The monoisotopic (exact) mass is 306 g/mol. The van der Waals surface area contributed by atoms with Crippen LogP contribution in [0.25, 0.3) is 0 Å². The van der Waals surface area contributed by atoms with Crippen LogP contribution in [0.5, 0.6) is 5.75 Å². The molecule has 1 atom stereocenters. The molecule has 0 aliphatic carbocycles. The van der Waals surface area contributed by atoms with E-state index in [1.807, 2.05) is 29.2 Å². The van der Waals surface area contributed by atoms with E-state index in [2.05, 4.69) is 4.90 Å². The number of nitrogens with zero attached hydrogens (tertiary/aromatic N) is 2. The largest absolute Gasteiger partial charge is 0.497 e. The van der Waals surface area contributed by atoms with E-state index in [4.69, 9.17) is 4.74 Å². The Kier molecular flexibility index (Phi) is 6.21. The van der Waals surface area contributed by atoms with Crippen molar-refractivity contribution in [1.82, 2.24) is 9.80 Å². The van der Waals surface area contributed by atoms with Gasteiger partial charge in [0.1, 0.15) is 5.75 Å². The zero-order valence-corrected chi connectivity index (χ0v) is 13.5. The molecule has 1 unspecified atom stereocenters. The van der Waals surface area contributed by atoms with Crippen molar-refractivity contribution in [2.45, 2.75) is 25.9 Å². The molecule has 1 aromatic carbocycles. The fraction of sp³-hybridized carbons (Fsp3) is 0.588. The molecular formula is C17H26N2O3. The number of benzene rings is 1. The second-order valence-electron chi connectivity index (χ2n) is 5.88. The lowest BCUT2D eigenvalue weighted by atomic mass is 10.1. The molecule has 1 saturated heterocycles. The van der Waals surface area contributed by atoms with Gasteiger partial charge in [-0.3, -0.25) is 9.69 Å². The number of piperazine rings is 1. The van der Waals surface area contributed by atoms with Gasteiger partial charge >= 0.3 is 0 Å². The normalized spacial score (nSPS) is 17.3. The van der Waals surface area contributed by atoms with Crippen LogP contribution < -0.4 is 4.74 Å². The van der Waals surface area contributed by atoms with Gasteiger partial charge in [-0.2, -0.15) is 0 Å². The van der Waals surface area contributed by atoms with Crippen LogP contribution in [0.15, 0.2) is 24.3 Å². The van der Waals surface area contributed by atoms with Crippen LogP contribution >= 0.6 is 0 Å². The van der Waals surface area contributed by atoms with Gasteiger partial charge in [-0.25, -0.2) is 0 Å². The average Bonchev–Trinajstić information content (AvgIpc) is 2.53. The molecule has 1 N–H and O–H groups in total. The van der Waals surface area contributed by atoms with Crippen LogP contribution in [-0.4, -0.2) is 66.8 Å². The summed E-state index contributed by atoms with van der Waals surface area (Å²) < 4.78 is 5.20. The lowest BCUT2D eigenvalue weighted by Crippen LogP contribution is -2.50. The van der Waals surface area contributed by atoms with E-state index >= 15 is 0 Å². The maximum Gasteiger partial charge on any atom is 0.222 e. The van der Waals surface area contributed by atoms with E-state index in [9.17, 15) is 9.90 Å². The predicted octanol–water partition coefficient (Wildman–Crippen LogP) is 1.15. The summed E-state index contributed by atoms with van der Waals surface area (Å²) in [4.78, 5) is 16.4. The van der Waals surface area contributed by atoms with Crippen molar-refractivity contribution >= 4 is 5.91 Å². The van der Waals surface area contributed by atoms with Crippen LogP contribution in [0.2, 0.25) is 0 Å². The zero-order valence-electron chi connectivity index (χ0n) is 13.5. The number of amides is 1. The highest BCUT2D eigenvalue weighted by molar-refractivity contribution is 5.76. The highest BCUT2D eigenvalue weighted by Gasteiger charge is 2.21. The van der Waals surface area contributed by atoms with E-state index in [0.29, 0.717) is 13.0 Å². The summed E-state index contributed by atoms with van der Waals surface area (Å²) in [5, 5.41) is 9.40. The van der Waals surface area contributed by atoms with Gasteiger partial charge in [-0.15, -0.1) is 0 Å². The van der Waals surface area contributed by atoms with Gasteiger partial charge in [0.15, 0.2) is 0 Å². The number of aryl methyl sites for hydroxylation is 1. The molecule has 5 heteroatoms. The van der Waals surface area contributed by atoms with Gasteiger partial charge in [-0.05, 0) is 31.0 Å². The Balaban J connectivity index is 1.76. The lowest BCUT2D eigenvalue weighted by molar-refractivity contribution is -0.133. The number of aliphatic hydroxyl groups is 1. The van der Waals surface area contributed by atoms with E-state index in [-0.39, 0.29) is 12.0 Å². The van der Waals surface area contributed by atoms with Crippen LogP contribution in [0.4, 0.5) is 0 Å². The van der Waals surface area contributed by atoms with Gasteiger partial charge < -0.3 is 14.7 Å². The zero-order chi connectivity index (χ0) is 15.9. The summed E-state index contributed by atoms with van der Waals surface area (Å²) in [6.07, 6.45) is 0.961. The fourth-order valence-electron chi connectivity index (χ4n) is 2.79. The SMILES string of the molecule is COc1cccc(CCC(=O)N2CCN(CC(C)O)CC2)c1. The molecule has 0 saturated carbocycles. The van der Waals surface area contributed by atoms with Crippen molar-refractivity contribution in [2.24, 2.45) is 0 Å². The van der Waals surface area contributed by atoms with Crippen LogP contribution in [0.3, 0.4) is 0 Å². The van der Waals surface area contributed by atoms with Gasteiger partial charge in [0.25, 0.3) is 0 Å². The third kappa shape index (κ3) is 5.00. The maximum atomic E-state index is 12.3. The predicted molar refractivity (Wildman–Crippen MR) is 86.0 cm³/mol. The van der Waals surface area contributed by atoms with E-state index in [1.54, 1.807) is 14.0 Å². The number of carbonyl (C=O) groups is 1. The third-order valence-electron chi connectivity index (χ3n) is 4.01. The van der Waals surface area contributed by atoms with Crippen molar-refractivity contribution < 1.29 is 14.6 Å². The molecular weight excluding hydrogens is 280 g/mol.